The molecule has 0 saturated heterocycles. The fourth-order valence-electron chi connectivity index (χ4n) is 1.97. The predicted octanol–water partition coefficient (Wildman–Crippen LogP) is 4.15. The molecule has 1 aliphatic carbocycles. The van der Waals surface area contributed by atoms with Crippen molar-refractivity contribution in [3.8, 4) is 5.75 Å². The number of alkyl halides is 2. The Labute approximate surface area is 101 Å². The highest BCUT2D eigenvalue weighted by Gasteiger charge is 2.44. The standard InChI is InChI=1S/C11H13F2NO.C2H6/c1-2-11(4-5-11)8-3-6-14-7-9(8)15-10(12)13;1-2/h3,6-7,10H,2,4-5H2,1H3;1-2H3. The molecule has 1 aromatic rings. The van der Waals surface area contributed by atoms with Gasteiger partial charge < -0.3 is 4.74 Å². The summed E-state index contributed by atoms with van der Waals surface area (Å²) in [4.78, 5) is 3.82. The first-order valence-electron chi connectivity index (χ1n) is 6.07. The topological polar surface area (TPSA) is 22.1 Å². The average Bonchev–Trinajstić information content (AvgIpc) is 3.12. The second-order valence-electron chi connectivity index (χ2n) is 3.88. The van der Waals surface area contributed by atoms with Gasteiger partial charge in [0.05, 0.1) is 6.20 Å². The number of pyridine rings is 1. The maximum Gasteiger partial charge on any atom is 0.387 e. The second-order valence-corrected chi connectivity index (χ2v) is 3.88. The molecular formula is C13H19F2NO. The van der Waals surface area contributed by atoms with E-state index >= 15 is 0 Å². The van der Waals surface area contributed by atoms with Crippen LogP contribution in [0.2, 0.25) is 0 Å². The van der Waals surface area contributed by atoms with Gasteiger partial charge in [-0.2, -0.15) is 8.78 Å². The molecule has 0 unspecified atom stereocenters. The minimum absolute atomic E-state index is 0.0627. The van der Waals surface area contributed by atoms with Crippen LogP contribution in [-0.2, 0) is 5.41 Å². The molecule has 0 spiro atoms. The quantitative estimate of drug-likeness (QED) is 0.792. The number of hydrogen-bond donors (Lipinski definition) is 0. The SMILES string of the molecule is CC.CCC1(c2ccncc2OC(F)F)CC1. The van der Waals surface area contributed by atoms with Gasteiger partial charge >= 0.3 is 6.61 Å². The predicted molar refractivity (Wildman–Crippen MR) is 63.4 cm³/mol. The molecule has 1 aliphatic rings. The zero-order chi connectivity index (χ0) is 12.9. The van der Waals surface area contributed by atoms with E-state index in [9.17, 15) is 8.78 Å². The van der Waals surface area contributed by atoms with Gasteiger partial charge in [-0.25, -0.2) is 0 Å². The van der Waals surface area contributed by atoms with Gasteiger partial charge in [-0.05, 0) is 30.7 Å². The average molecular weight is 243 g/mol. The summed E-state index contributed by atoms with van der Waals surface area (Å²) in [5.41, 5.74) is 0.938. The molecule has 4 heteroatoms. The van der Waals surface area contributed by atoms with Crippen LogP contribution in [0.1, 0.15) is 45.6 Å². The zero-order valence-corrected chi connectivity index (χ0v) is 10.5. The molecule has 17 heavy (non-hydrogen) atoms. The number of hydrogen-bond acceptors (Lipinski definition) is 2. The smallest absolute Gasteiger partial charge is 0.387 e. The van der Waals surface area contributed by atoms with Crippen LogP contribution in [0.4, 0.5) is 8.78 Å². The molecule has 1 saturated carbocycles. The summed E-state index contributed by atoms with van der Waals surface area (Å²) >= 11 is 0. The Morgan fingerprint density at radius 1 is 1.41 bits per heavy atom. The van der Waals surface area contributed by atoms with Gasteiger partial charge in [0, 0.05) is 11.8 Å². The van der Waals surface area contributed by atoms with E-state index in [1.54, 1.807) is 12.3 Å². The van der Waals surface area contributed by atoms with Gasteiger partial charge in [-0.15, -0.1) is 0 Å². The first-order chi connectivity index (χ1) is 8.18. The first-order valence-corrected chi connectivity index (χ1v) is 6.07. The monoisotopic (exact) mass is 243 g/mol. The van der Waals surface area contributed by atoms with Crippen LogP contribution in [0.25, 0.3) is 0 Å². The van der Waals surface area contributed by atoms with E-state index in [0.717, 1.165) is 24.8 Å². The van der Waals surface area contributed by atoms with E-state index in [0.29, 0.717) is 0 Å². The van der Waals surface area contributed by atoms with Crippen molar-refractivity contribution in [3.05, 3.63) is 24.0 Å². The van der Waals surface area contributed by atoms with Crippen LogP contribution in [0.3, 0.4) is 0 Å². The lowest BCUT2D eigenvalue weighted by Gasteiger charge is -2.17. The fraction of sp³-hybridized carbons (Fsp3) is 0.615. The van der Waals surface area contributed by atoms with Crippen LogP contribution >= 0.6 is 0 Å². The van der Waals surface area contributed by atoms with E-state index < -0.39 is 6.61 Å². The largest absolute Gasteiger partial charge is 0.433 e. The van der Waals surface area contributed by atoms with Crippen LogP contribution in [0.15, 0.2) is 18.5 Å². The molecule has 0 aromatic carbocycles. The molecule has 2 nitrogen and oxygen atoms in total. The van der Waals surface area contributed by atoms with Crippen molar-refractivity contribution < 1.29 is 13.5 Å². The summed E-state index contributed by atoms with van der Waals surface area (Å²) in [6.45, 7) is 3.29. The molecule has 1 aromatic heterocycles. The lowest BCUT2D eigenvalue weighted by atomic mass is 9.93. The van der Waals surface area contributed by atoms with E-state index in [2.05, 4.69) is 16.6 Å². The molecule has 2 rings (SSSR count). The normalized spacial score (nSPS) is 16.1. The Morgan fingerprint density at radius 2 is 2.06 bits per heavy atom. The number of halogens is 2. The van der Waals surface area contributed by atoms with Crippen LogP contribution < -0.4 is 4.74 Å². The zero-order valence-electron chi connectivity index (χ0n) is 10.5. The molecule has 0 amide bonds. The number of nitrogens with zero attached hydrogens (tertiary/aromatic N) is 1. The summed E-state index contributed by atoms with van der Waals surface area (Å²) in [5, 5.41) is 0. The third-order valence-corrected chi connectivity index (χ3v) is 3.10. The maximum absolute atomic E-state index is 12.2. The minimum atomic E-state index is -2.78. The van der Waals surface area contributed by atoms with Crippen LogP contribution in [0.5, 0.6) is 5.75 Å². The van der Waals surface area contributed by atoms with E-state index in [1.807, 2.05) is 13.8 Å². The molecular weight excluding hydrogens is 224 g/mol. The third-order valence-electron chi connectivity index (χ3n) is 3.10. The summed E-state index contributed by atoms with van der Waals surface area (Å²) in [6, 6.07) is 1.79. The van der Waals surface area contributed by atoms with Crippen LogP contribution in [-0.4, -0.2) is 11.6 Å². The Hall–Kier alpha value is -1.19. The minimum Gasteiger partial charge on any atom is -0.433 e. The fourth-order valence-corrected chi connectivity index (χ4v) is 1.97. The number of aromatic nitrogens is 1. The Morgan fingerprint density at radius 3 is 2.53 bits per heavy atom. The van der Waals surface area contributed by atoms with E-state index in [4.69, 9.17) is 0 Å². The van der Waals surface area contributed by atoms with Gasteiger partial charge in [0.15, 0.2) is 0 Å². The molecule has 0 atom stereocenters. The van der Waals surface area contributed by atoms with E-state index in [-0.39, 0.29) is 11.2 Å². The number of rotatable bonds is 4. The van der Waals surface area contributed by atoms with Crippen molar-refractivity contribution in [1.82, 2.24) is 4.98 Å². The first kappa shape index (κ1) is 13.9. The van der Waals surface area contributed by atoms with E-state index in [1.165, 1.54) is 6.20 Å². The lowest BCUT2D eigenvalue weighted by molar-refractivity contribution is -0.0509. The van der Waals surface area contributed by atoms with Gasteiger partial charge in [-0.3, -0.25) is 4.98 Å². The molecule has 0 N–H and O–H groups in total. The highest BCUT2D eigenvalue weighted by Crippen LogP contribution is 2.53. The summed E-state index contributed by atoms with van der Waals surface area (Å²) < 4.78 is 28.8. The maximum atomic E-state index is 12.2. The van der Waals surface area contributed by atoms with Crippen molar-refractivity contribution >= 4 is 0 Å². The second kappa shape index (κ2) is 5.94. The molecule has 0 radical (unpaired) electrons. The van der Waals surface area contributed by atoms with Gasteiger partial charge in [0.25, 0.3) is 0 Å². The highest BCUT2D eigenvalue weighted by molar-refractivity contribution is 5.41. The van der Waals surface area contributed by atoms with Gasteiger partial charge in [0.1, 0.15) is 5.75 Å². The third kappa shape index (κ3) is 3.14. The lowest BCUT2D eigenvalue weighted by Crippen LogP contribution is -2.11. The Balaban J connectivity index is 0.000000686. The van der Waals surface area contributed by atoms with Crippen molar-refractivity contribution in [2.45, 2.75) is 52.1 Å². The summed E-state index contributed by atoms with van der Waals surface area (Å²) in [6.07, 6.45) is 6.05. The molecule has 1 fully saturated rings. The van der Waals surface area contributed by atoms with Crippen molar-refractivity contribution in [2.24, 2.45) is 0 Å². The molecule has 96 valence electrons. The molecule has 0 aliphatic heterocycles. The number of ether oxygens (including phenoxy) is 1. The summed E-state index contributed by atoms with van der Waals surface area (Å²) in [5.74, 6) is 0.229. The van der Waals surface area contributed by atoms with Crippen molar-refractivity contribution in [2.75, 3.05) is 0 Å². The van der Waals surface area contributed by atoms with Gasteiger partial charge in [-0.1, -0.05) is 20.8 Å². The Bertz CT molecular complexity index is 351. The Kier molecular flexibility index (Phi) is 4.85. The highest BCUT2D eigenvalue weighted by atomic mass is 19.3. The molecule has 1 heterocycles. The molecule has 0 bridgehead atoms. The van der Waals surface area contributed by atoms with Crippen molar-refractivity contribution in [1.29, 1.82) is 0 Å². The summed E-state index contributed by atoms with van der Waals surface area (Å²) in [7, 11) is 0. The van der Waals surface area contributed by atoms with Crippen LogP contribution in [0, 0.1) is 0 Å². The van der Waals surface area contributed by atoms with Gasteiger partial charge in [0.2, 0.25) is 0 Å². The van der Waals surface area contributed by atoms with Crippen molar-refractivity contribution in [3.63, 3.8) is 0 Å².